The number of nitrogens with zero attached hydrogens (tertiary/aromatic N) is 2. The number of allylic oxidation sites excluding steroid dienone is 2. The smallest absolute Gasteiger partial charge is 0.337 e. The Labute approximate surface area is 178 Å². The first-order valence-electron chi connectivity index (χ1n) is 10.4. The van der Waals surface area contributed by atoms with Crippen LogP contribution in [0.4, 0.5) is 0 Å². The molecule has 0 bridgehead atoms. The van der Waals surface area contributed by atoms with Gasteiger partial charge in [-0.2, -0.15) is 10.5 Å². The number of nitriles is 2. The molecule has 2 aliphatic rings. The zero-order valence-electron chi connectivity index (χ0n) is 18.2. The minimum Gasteiger partial charge on any atom is -0.465 e. The Bertz CT molecular complexity index is 980. The van der Waals surface area contributed by atoms with Crippen LogP contribution < -0.4 is 10.6 Å². The summed E-state index contributed by atoms with van der Waals surface area (Å²) in [6.45, 7) is 9.02. The molecule has 1 unspecified atom stereocenters. The third kappa shape index (κ3) is 3.13. The van der Waals surface area contributed by atoms with Crippen molar-refractivity contribution in [1.82, 2.24) is 0 Å². The molecule has 3 rings (SSSR count). The van der Waals surface area contributed by atoms with E-state index in [0.29, 0.717) is 11.3 Å². The number of carbonyl (C=O) groups is 1. The van der Waals surface area contributed by atoms with Crippen molar-refractivity contribution in [2.75, 3.05) is 26.7 Å². The van der Waals surface area contributed by atoms with Crippen molar-refractivity contribution in [3.8, 4) is 12.1 Å². The first-order chi connectivity index (χ1) is 14.3. The van der Waals surface area contributed by atoms with E-state index >= 15 is 0 Å². The maximum atomic E-state index is 11.9. The molecular formula is C24H30N4O2+2. The predicted octanol–water partition coefficient (Wildman–Crippen LogP) is 1.36. The predicted molar refractivity (Wildman–Crippen MR) is 112 cm³/mol. The summed E-state index contributed by atoms with van der Waals surface area (Å²) in [5.41, 5.74) is 6.45. The quantitative estimate of drug-likeness (QED) is 0.582. The van der Waals surface area contributed by atoms with Gasteiger partial charge >= 0.3 is 5.97 Å². The number of hydrogen-bond acceptors (Lipinski definition) is 4. The van der Waals surface area contributed by atoms with Crippen molar-refractivity contribution < 1.29 is 20.2 Å². The van der Waals surface area contributed by atoms with Gasteiger partial charge in [0.1, 0.15) is 5.70 Å². The topological polar surface area (TPSA) is 106 Å². The molecule has 0 spiro atoms. The molecule has 156 valence electrons. The molecule has 1 aliphatic carbocycles. The molecule has 1 aromatic rings. The summed E-state index contributed by atoms with van der Waals surface area (Å²) in [6.07, 6.45) is 3.18. The van der Waals surface area contributed by atoms with Gasteiger partial charge in [-0.25, -0.2) is 4.79 Å². The Morgan fingerprint density at radius 2 is 1.93 bits per heavy atom. The lowest BCUT2D eigenvalue weighted by Crippen LogP contribution is -3.14. The van der Waals surface area contributed by atoms with E-state index in [1.54, 1.807) is 12.1 Å². The summed E-state index contributed by atoms with van der Waals surface area (Å²) in [5.74, 6) is -0.392. The molecule has 4 N–H and O–H groups in total. The first-order valence-corrected chi connectivity index (χ1v) is 10.4. The number of hydrogen-bond donors (Lipinski definition) is 2. The highest BCUT2D eigenvalue weighted by molar-refractivity contribution is 5.89. The van der Waals surface area contributed by atoms with E-state index in [0.717, 1.165) is 42.8 Å². The number of benzene rings is 1. The largest absolute Gasteiger partial charge is 0.465 e. The lowest BCUT2D eigenvalue weighted by Gasteiger charge is -2.50. The Balaban J connectivity index is 2.21. The molecule has 30 heavy (non-hydrogen) atoms. The molecule has 6 nitrogen and oxygen atoms in total. The molecule has 1 aliphatic heterocycles. The van der Waals surface area contributed by atoms with E-state index in [9.17, 15) is 15.3 Å². The molecule has 1 aromatic carbocycles. The first kappa shape index (κ1) is 21.8. The van der Waals surface area contributed by atoms with Crippen LogP contribution in [0.1, 0.15) is 49.0 Å². The molecule has 0 saturated heterocycles. The minimum absolute atomic E-state index is 0.0232. The molecule has 0 radical (unpaired) electrons. The number of esters is 1. The molecular weight excluding hydrogens is 376 g/mol. The van der Waals surface area contributed by atoms with Crippen molar-refractivity contribution in [1.29, 1.82) is 10.5 Å². The number of fused-ring (bicyclic) bond motifs is 1. The van der Waals surface area contributed by atoms with E-state index in [1.807, 2.05) is 19.1 Å². The van der Waals surface area contributed by atoms with Crippen LogP contribution in [0.3, 0.4) is 0 Å². The van der Waals surface area contributed by atoms with Crippen LogP contribution in [-0.4, -0.2) is 32.7 Å². The number of ether oxygens (including phenoxy) is 1. The second-order valence-electron chi connectivity index (χ2n) is 8.60. The molecule has 1 heterocycles. The summed E-state index contributed by atoms with van der Waals surface area (Å²) in [6, 6.07) is 12.1. The van der Waals surface area contributed by atoms with Crippen molar-refractivity contribution in [3.05, 3.63) is 58.3 Å². The summed E-state index contributed by atoms with van der Waals surface area (Å²) in [5, 5.41) is 20.2. The summed E-state index contributed by atoms with van der Waals surface area (Å²) in [4.78, 5) is 13.3. The van der Waals surface area contributed by atoms with Gasteiger partial charge in [0.05, 0.1) is 49.9 Å². The Kier molecular flexibility index (Phi) is 5.85. The van der Waals surface area contributed by atoms with Crippen molar-refractivity contribution >= 4 is 5.97 Å². The third-order valence-corrected chi connectivity index (χ3v) is 6.83. The van der Waals surface area contributed by atoms with E-state index in [1.165, 1.54) is 12.0 Å². The van der Waals surface area contributed by atoms with Gasteiger partial charge in [0, 0.05) is 5.92 Å². The van der Waals surface area contributed by atoms with E-state index in [-0.39, 0.29) is 11.9 Å². The normalized spacial score (nSPS) is 27.4. The number of carbonyl (C=O) groups excluding carboxylic acids is 1. The third-order valence-electron chi connectivity index (χ3n) is 6.83. The van der Waals surface area contributed by atoms with Crippen molar-refractivity contribution in [3.63, 3.8) is 0 Å². The van der Waals surface area contributed by atoms with E-state index in [2.05, 4.69) is 37.8 Å². The minimum atomic E-state index is -1.32. The van der Waals surface area contributed by atoms with Gasteiger partial charge in [0.15, 0.2) is 0 Å². The standard InChI is InChI=1S/C24H28N4O2/c1-5-11-28-12-10-19-23(3,15-28)20(16(2)21(27)24(19,13-25)14-26)17-6-8-18(9-7-17)22(29)30-4/h6-10,20H,5,11-12,15,27H2,1-4H3/p+2/t20-,23+/m1/s1. The molecule has 6 heteroatoms. The van der Waals surface area contributed by atoms with Crippen LogP contribution >= 0.6 is 0 Å². The van der Waals surface area contributed by atoms with Crippen LogP contribution in [0.15, 0.2) is 47.2 Å². The zero-order valence-corrected chi connectivity index (χ0v) is 18.2. The van der Waals surface area contributed by atoms with Crippen LogP contribution in [-0.2, 0) is 4.74 Å². The average molecular weight is 407 g/mol. The second kappa shape index (κ2) is 8.07. The maximum Gasteiger partial charge on any atom is 0.337 e. The Hall–Kier alpha value is -2.93. The molecule has 0 aromatic heterocycles. The SMILES string of the molecule is CCC[NH+]1CC=C2C(C#N)(C#N)C([NH3+])=C(C)[C@H](c3ccc(C(=O)OC)cc3)[C@@]2(C)C1. The molecule has 0 saturated carbocycles. The molecule has 0 amide bonds. The highest BCUT2D eigenvalue weighted by Crippen LogP contribution is 2.57. The van der Waals surface area contributed by atoms with Crippen LogP contribution in [0.25, 0.3) is 0 Å². The van der Waals surface area contributed by atoms with Gasteiger partial charge in [0.25, 0.3) is 0 Å². The fourth-order valence-corrected chi connectivity index (χ4v) is 5.49. The summed E-state index contributed by atoms with van der Waals surface area (Å²) >= 11 is 0. The number of rotatable bonds is 4. The van der Waals surface area contributed by atoms with Crippen LogP contribution in [0, 0.1) is 33.5 Å². The highest BCUT2D eigenvalue weighted by atomic mass is 16.5. The second-order valence-corrected chi connectivity index (χ2v) is 8.60. The monoisotopic (exact) mass is 406 g/mol. The molecule has 3 atom stereocenters. The number of methoxy groups -OCH3 is 1. The fourth-order valence-electron chi connectivity index (χ4n) is 5.49. The molecule has 0 fully saturated rings. The average Bonchev–Trinajstić information content (AvgIpc) is 2.75. The van der Waals surface area contributed by atoms with Crippen LogP contribution in [0.2, 0.25) is 0 Å². The number of nitrogens with one attached hydrogen (secondary N) is 1. The lowest BCUT2D eigenvalue weighted by atomic mass is 9.52. The van der Waals surface area contributed by atoms with Crippen molar-refractivity contribution in [2.24, 2.45) is 10.8 Å². The summed E-state index contributed by atoms with van der Waals surface area (Å²) in [7, 11) is 1.37. The van der Waals surface area contributed by atoms with Gasteiger partial charge in [0.2, 0.25) is 5.41 Å². The van der Waals surface area contributed by atoms with Gasteiger partial charge < -0.3 is 15.4 Å². The highest BCUT2D eigenvalue weighted by Gasteiger charge is 2.60. The Morgan fingerprint density at radius 1 is 1.30 bits per heavy atom. The van der Waals surface area contributed by atoms with Gasteiger partial charge in [-0.15, -0.1) is 0 Å². The lowest BCUT2D eigenvalue weighted by molar-refractivity contribution is -0.902. The van der Waals surface area contributed by atoms with Crippen LogP contribution in [0.5, 0.6) is 0 Å². The van der Waals surface area contributed by atoms with Crippen molar-refractivity contribution in [2.45, 2.75) is 33.1 Å². The number of quaternary nitrogens is 2. The summed E-state index contributed by atoms with van der Waals surface area (Å²) < 4.78 is 4.82. The van der Waals surface area contributed by atoms with E-state index in [4.69, 9.17) is 4.74 Å². The van der Waals surface area contributed by atoms with Gasteiger partial charge in [-0.1, -0.05) is 19.1 Å². The van der Waals surface area contributed by atoms with E-state index < -0.39 is 10.8 Å². The fraction of sp³-hybridized carbons (Fsp3) is 0.458. The zero-order chi connectivity index (χ0) is 22.1. The maximum absolute atomic E-state index is 11.9. The van der Waals surface area contributed by atoms with Gasteiger partial charge in [-0.3, -0.25) is 0 Å². The van der Waals surface area contributed by atoms with Gasteiger partial charge in [-0.05, 0) is 55.2 Å². The Morgan fingerprint density at radius 3 is 2.47 bits per heavy atom.